The van der Waals surface area contributed by atoms with Gasteiger partial charge in [0, 0.05) is 35.7 Å². The van der Waals surface area contributed by atoms with E-state index in [0.29, 0.717) is 23.6 Å². The highest BCUT2D eigenvalue weighted by atomic mass is 16.5. The number of rotatable bonds is 9. The Bertz CT molecular complexity index is 1030. The third kappa shape index (κ3) is 6.21. The van der Waals surface area contributed by atoms with E-state index < -0.39 is 0 Å². The number of nitrogens with one attached hydrogen (secondary N) is 2. The van der Waals surface area contributed by atoms with Crippen LogP contribution in [0.3, 0.4) is 0 Å². The van der Waals surface area contributed by atoms with Gasteiger partial charge in [-0.15, -0.1) is 0 Å². The van der Waals surface area contributed by atoms with Gasteiger partial charge >= 0.3 is 0 Å². The van der Waals surface area contributed by atoms with Crippen molar-refractivity contribution in [3.63, 3.8) is 0 Å². The molecule has 0 unspecified atom stereocenters. The maximum atomic E-state index is 12.6. The summed E-state index contributed by atoms with van der Waals surface area (Å²) in [4.78, 5) is 26.5. The summed E-state index contributed by atoms with van der Waals surface area (Å²) in [6, 6.07) is 23.6. The maximum Gasteiger partial charge on any atom is 0.258 e. The van der Waals surface area contributed by atoms with Crippen LogP contribution in [0.25, 0.3) is 0 Å². The summed E-state index contributed by atoms with van der Waals surface area (Å²) in [5.74, 6) is 0.383. The second-order valence-corrected chi connectivity index (χ2v) is 6.81. The molecule has 0 aliphatic carbocycles. The van der Waals surface area contributed by atoms with Gasteiger partial charge in [0.25, 0.3) is 5.91 Å². The Morgan fingerprint density at radius 3 is 2.42 bits per heavy atom. The molecule has 2 amide bonds. The van der Waals surface area contributed by atoms with E-state index in [4.69, 9.17) is 4.74 Å². The van der Waals surface area contributed by atoms with Crippen LogP contribution in [0.2, 0.25) is 0 Å². The van der Waals surface area contributed by atoms with Crippen molar-refractivity contribution in [2.24, 2.45) is 0 Å². The molecule has 3 aromatic rings. The molecule has 3 rings (SSSR count). The molecule has 158 valence electrons. The van der Waals surface area contributed by atoms with Crippen LogP contribution in [0.5, 0.6) is 5.75 Å². The average Bonchev–Trinajstić information content (AvgIpc) is 2.82. The molecule has 3 aromatic carbocycles. The highest BCUT2D eigenvalue weighted by molar-refractivity contribution is 6.06. The third-order valence-electron chi connectivity index (χ3n) is 4.52. The molecule has 0 saturated heterocycles. The highest BCUT2D eigenvalue weighted by Gasteiger charge is 2.13. The molecular weight excluding hydrogens is 390 g/mol. The van der Waals surface area contributed by atoms with Gasteiger partial charge in [0.15, 0.2) is 0 Å². The standard InChI is InChI=1S/C25H25N3O3/c1-3-16-31-23-11-7-8-21(17-23)26-18-24(29)27-20-14-12-19(13-15-20)25(30)28(2)22-9-5-4-6-10-22/h3-15,17,26H,1,16,18H2,2H3,(H,27,29). The lowest BCUT2D eigenvalue weighted by atomic mass is 10.1. The Kier molecular flexibility index (Phi) is 7.43. The van der Waals surface area contributed by atoms with Crippen LogP contribution >= 0.6 is 0 Å². The van der Waals surface area contributed by atoms with Gasteiger partial charge in [-0.25, -0.2) is 0 Å². The lowest BCUT2D eigenvalue weighted by molar-refractivity contribution is -0.114. The van der Waals surface area contributed by atoms with E-state index in [9.17, 15) is 9.59 Å². The Morgan fingerprint density at radius 1 is 0.968 bits per heavy atom. The van der Waals surface area contributed by atoms with Gasteiger partial charge in [-0.1, -0.05) is 36.9 Å². The number of hydrogen-bond donors (Lipinski definition) is 2. The summed E-state index contributed by atoms with van der Waals surface area (Å²) >= 11 is 0. The number of amides is 2. The molecule has 0 aliphatic heterocycles. The number of benzene rings is 3. The van der Waals surface area contributed by atoms with Crippen LogP contribution in [-0.4, -0.2) is 32.0 Å². The van der Waals surface area contributed by atoms with E-state index in [2.05, 4.69) is 17.2 Å². The molecular formula is C25H25N3O3. The van der Waals surface area contributed by atoms with Gasteiger partial charge < -0.3 is 20.3 Å². The van der Waals surface area contributed by atoms with Crippen molar-refractivity contribution < 1.29 is 14.3 Å². The van der Waals surface area contributed by atoms with Crippen LogP contribution in [-0.2, 0) is 4.79 Å². The number of hydrogen-bond acceptors (Lipinski definition) is 4. The first-order chi connectivity index (χ1) is 15.1. The Morgan fingerprint density at radius 2 is 1.71 bits per heavy atom. The Hall–Kier alpha value is -4.06. The Labute approximate surface area is 182 Å². The molecule has 0 bridgehead atoms. The van der Waals surface area contributed by atoms with Crippen LogP contribution < -0.4 is 20.3 Å². The number of carbonyl (C=O) groups excluding carboxylic acids is 2. The first-order valence-electron chi connectivity index (χ1n) is 9.87. The largest absolute Gasteiger partial charge is 0.489 e. The molecule has 31 heavy (non-hydrogen) atoms. The van der Waals surface area contributed by atoms with Crippen LogP contribution in [0, 0.1) is 0 Å². The van der Waals surface area contributed by atoms with Crippen molar-refractivity contribution in [3.8, 4) is 5.75 Å². The number of anilines is 3. The normalized spacial score (nSPS) is 10.1. The minimum atomic E-state index is -0.196. The highest BCUT2D eigenvalue weighted by Crippen LogP contribution is 2.18. The number of para-hydroxylation sites is 1. The summed E-state index contributed by atoms with van der Waals surface area (Å²) in [5.41, 5.74) is 2.75. The summed E-state index contributed by atoms with van der Waals surface area (Å²) in [7, 11) is 1.73. The van der Waals surface area contributed by atoms with Gasteiger partial charge in [0.05, 0.1) is 6.54 Å². The fourth-order valence-electron chi connectivity index (χ4n) is 2.90. The van der Waals surface area contributed by atoms with E-state index in [0.717, 1.165) is 11.4 Å². The Balaban J connectivity index is 1.53. The second-order valence-electron chi connectivity index (χ2n) is 6.81. The van der Waals surface area contributed by atoms with Gasteiger partial charge in [0.1, 0.15) is 12.4 Å². The molecule has 0 atom stereocenters. The maximum absolute atomic E-state index is 12.6. The quantitative estimate of drug-likeness (QED) is 0.502. The van der Waals surface area contributed by atoms with Crippen LogP contribution in [0.15, 0.2) is 91.5 Å². The fraction of sp³-hybridized carbons (Fsp3) is 0.120. The average molecular weight is 415 g/mol. The summed E-state index contributed by atoms with van der Waals surface area (Å²) in [5, 5.41) is 5.88. The zero-order valence-electron chi connectivity index (χ0n) is 17.4. The van der Waals surface area contributed by atoms with E-state index >= 15 is 0 Å². The first-order valence-corrected chi connectivity index (χ1v) is 9.87. The SMILES string of the molecule is C=CCOc1cccc(NCC(=O)Nc2ccc(C(=O)N(C)c3ccccc3)cc2)c1. The van der Waals surface area contributed by atoms with Gasteiger partial charge in [-0.3, -0.25) is 9.59 Å². The monoisotopic (exact) mass is 415 g/mol. The predicted molar refractivity (Wildman–Crippen MR) is 125 cm³/mol. The van der Waals surface area contributed by atoms with Crippen molar-refractivity contribution in [3.05, 3.63) is 97.1 Å². The smallest absolute Gasteiger partial charge is 0.258 e. The molecule has 0 aliphatic rings. The van der Waals surface area contributed by atoms with E-state index in [1.165, 1.54) is 0 Å². The van der Waals surface area contributed by atoms with Crippen molar-refractivity contribution >= 4 is 28.9 Å². The second kappa shape index (κ2) is 10.6. The fourth-order valence-corrected chi connectivity index (χ4v) is 2.90. The molecule has 0 saturated carbocycles. The minimum absolute atomic E-state index is 0.0995. The molecule has 0 aromatic heterocycles. The van der Waals surface area contributed by atoms with Crippen LogP contribution in [0.1, 0.15) is 10.4 Å². The number of nitrogens with zero attached hydrogens (tertiary/aromatic N) is 1. The molecule has 6 nitrogen and oxygen atoms in total. The summed E-state index contributed by atoms with van der Waals surface area (Å²) < 4.78 is 5.48. The van der Waals surface area contributed by atoms with Crippen molar-refractivity contribution in [2.45, 2.75) is 0 Å². The topological polar surface area (TPSA) is 70.7 Å². The molecule has 0 heterocycles. The lowest BCUT2D eigenvalue weighted by Crippen LogP contribution is -2.26. The van der Waals surface area contributed by atoms with Crippen molar-refractivity contribution in [1.82, 2.24) is 0 Å². The molecule has 0 radical (unpaired) electrons. The van der Waals surface area contributed by atoms with E-state index in [-0.39, 0.29) is 18.4 Å². The minimum Gasteiger partial charge on any atom is -0.489 e. The number of ether oxygens (including phenoxy) is 1. The van der Waals surface area contributed by atoms with Gasteiger partial charge in [-0.05, 0) is 48.5 Å². The predicted octanol–water partition coefficient (Wildman–Crippen LogP) is 4.58. The number of carbonyl (C=O) groups is 2. The van der Waals surface area contributed by atoms with Crippen molar-refractivity contribution in [2.75, 3.05) is 35.7 Å². The summed E-state index contributed by atoms with van der Waals surface area (Å²) in [6.45, 7) is 4.14. The van der Waals surface area contributed by atoms with E-state index in [1.54, 1.807) is 42.3 Å². The van der Waals surface area contributed by atoms with Crippen LogP contribution in [0.4, 0.5) is 17.1 Å². The summed E-state index contributed by atoms with van der Waals surface area (Å²) in [6.07, 6.45) is 1.67. The third-order valence-corrected chi connectivity index (χ3v) is 4.52. The molecule has 2 N–H and O–H groups in total. The zero-order chi connectivity index (χ0) is 22.1. The van der Waals surface area contributed by atoms with Crippen molar-refractivity contribution in [1.29, 1.82) is 0 Å². The van der Waals surface area contributed by atoms with Gasteiger partial charge in [0.2, 0.25) is 5.91 Å². The molecule has 6 heteroatoms. The molecule has 0 fully saturated rings. The lowest BCUT2D eigenvalue weighted by Gasteiger charge is -2.17. The first kappa shape index (κ1) is 21.6. The van der Waals surface area contributed by atoms with Gasteiger partial charge in [-0.2, -0.15) is 0 Å². The molecule has 0 spiro atoms. The van der Waals surface area contributed by atoms with E-state index in [1.807, 2.05) is 54.6 Å². The zero-order valence-corrected chi connectivity index (χ0v) is 17.4.